The minimum atomic E-state index is -0.438. The molecular weight excluding hydrogens is 447 g/mol. The lowest BCUT2D eigenvalue weighted by Gasteiger charge is -2.32. The number of aromatic nitrogens is 2. The number of allylic oxidation sites excluding steroid dienone is 2. The Hall–Kier alpha value is -3.43. The number of likely N-dealkylation sites (N-methyl/N-ethyl adjacent to an activating group) is 1. The van der Waals surface area contributed by atoms with Crippen LogP contribution in [0.5, 0.6) is 5.75 Å². The van der Waals surface area contributed by atoms with E-state index in [1.54, 1.807) is 42.7 Å². The number of carbonyl (C=O) groups is 1. The summed E-state index contributed by atoms with van der Waals surface area (Å²) in [5, 5.41) is 2.78. The first-order valence-corrected chi connectivity index (χ1v) is 11.6. The van der Waals surface area contributed by atoms with Gasteiger partial charge in [-0.05, 0) is 45.0 Å². The van der Waals surface area contributed by atoms with Crippen LogP contribution in [-0.2, 0) is 11.3 Å². The van der Waals surface area contributed by atoms with Gasteiger partial charge in [0.05, 0.1) is 12.2 Å². The van der Waals surface area contributed by atoms with Crippen molar-refractivity contribution in [1.29, 1.82) is 0 Å². The molecule has 35 heavy (non-hydrogen) atoms. The first kappa shape index (κ1) is 26.2. The van der Waals surface area contributed by atoms with Crippen molar-refractivity contribution in [1.82, 2.24) is 25.1 Å². The number of benzene rings is 1. The first-order valence-electron chi connectivity index (χ1n) is 11.6. The Balaban J connectivity index is 1.51. The predicted octanol–water partition coefficient (Wildman–Crippen LogP) is 2.94. The van der Waals surface area contributed by atoms with Gasteiger partial charge in [0.15, 0.2) is 0 Å². The van der Waals surface area contributed by atoms with E-state index in [1.165, 1.54) is 6.07 Å². The number of rotatable bonds is 11. The summed E-state index contributed by atoms with van der Waals surface area (Å²) < 4.78 is 20.5. The Morgan fingerprint density at radius 1 is 1.23 bits per heavy atom. The van der Waals surface area contributed by atoms with Gasteiger partial charge in [0, 0.05) is 63.2 Å². The minimum absolute atomic E-state index is 0.156. The highest BCUT2D eigenvalue weighted by Crippen LogP contribution is 2.24. The van der Waals surface area contributed by atoms with Gasteiger partial charge in [-0.15, -0.1) is 0 Å². The molecule has 1 aliphatic heterocycles. The summed E-state index contributed by atoms with van der Waals surface area (Å²) >= 11 is 0. The average Bonchev–Trinajstić information content (AvgIpc) is 2.86. The second kappa shape index (κ2) is 13.5. The number of amides is 1. The lowest BCUT2D eigenvalue weighted by molar-refractivity contribution is -0.120. The molecule has 0 radical (unpaired) electrons. The van der Waals surface area contributed by atoms with Gasteiger partial charge in [-0.3, -0.25) is 14.7 Å². The molecule has 1 fully saturated rings. The summed E-state index contributed by atoms with van der Waals surface area (Å²) in [6.07, 6.45) is 6.84. The van der Waals surface area contributed by atoms with E-state index in [0.717, 1.165) is 38.3 Å². The smallest absolute Gasteiger partial charge is 0.224 e. The van der Waals surface area contributed by atoms with Crippen molar-refractivity contribution in [2.24, 2.45) is 4.99 Å². The zero-order valence-corrected chi connectivity index (χ0v) is 20.4. The summed E-state index contributed by atoms with van der Waals surface area (Å²) in [6, 6.07) is 6.45. The van der Waals surface area contributed by atoms with Crippen LogP contribution in [-0.4, -0.2) is 78.8 Å². The van der Waals surface area contributed by atoms with Crippen LogP contribution >= 0.6 is 0 Å². The molecule has 2 aromatic rings. The van der Waals surface area contributed by atoms with Crippen molar-refractivity contribution in [2.75, 3.05) is 46.4 Å². The Morgan fingerprint density at radius 3 is 2.66 bits per heavy atom. The summed E-state index contributed by atoms with van der Waals surface area (Å²) in [5.41, 5.74) is 1.49. The first-order chi connectivity index (χ1) is 16.9. The number of ether oxygens (including phenoxy) is 1. The quantitative estimate of drug-likeness (QED) is 0.393. The van der Waals surface area contributed by atoms with E-state index in [2.05, 4.69) is 43.8 Å². The Morgan fingerprint density at radius 2 is 1.97 bits per heavy atom. The molecular formula is C26H33FN6O2. The van der Waals surface area contributed by atoms with Crippen LogP contribution < -0.4 is 10.1 Å². The van der Waals surface area contributed by atoms with Crippen LogP contribution in [0.1, 0.15) is 24.7 Å². The summed E-state index contributed by atoms with van der Waals surface area (Å²) in [6.45, 7) is 11.1. The Bertz CT molecular complexity index is 1050. The minimum Gasteiger partial charge on any atom is -0.492 e. The van der Waals surface area contributed by atoms with Crippen molar-refractivity contribution < 1.29 is 13.9 Å². The third-order valence-electron chi connectivity index (χ3n) is 5.69. The van der Waals surface area contributed by atoms with Gasteiger partial charge in [0.25, 0.3) is 0 Å². The van der Waals surface area contributed by atoms with Gasteiger partial charge in [0.2, 0.25) is 5.91 Å². The van der Waals surface area contributed by atoms with Crippen molar-refractivity contribution in [3.63, 3.8) is 0 Å². The SMILES string of the molecule is C=N/C(=C\C=C(/C)CC(=O)NCc1ncccn1)c1ccc(OCCN2CCN(C)CC2)cc1F. The van der Waals surface area contributed by atoms with E-state index in [0.29, 0.717) is 29.4 Å². The van der Waals surface area contributed by atoms with Crippen molar-refractivity contribution in [2.45, 2.75) is 19.9 Å². The Kier molecular flexibility index (Phi) is 10.1. The number of nitrogens with one attached hydrogen (secondary N) is 1. The van der Waals surface area contributed by atoms with Crippen LogP contribution in [0.3, 0.4) is 0 Å². The third kappa shape index (κ3) is 8.70. The molecule has 0 aliphatic carbocycles. The summed E-state index contributed by atoms with van der Waals surface area (Å²) in [5.74, 6) is 0.432. The molecule has 1 aromatic heterocycles. The molecule has 1 aromatic carbocycles. The van der Waals surface area contributed by atoms with Crippen LogP contribution in [0.2, 0.25) is 0 Å². The monoisotopic (exact) mass is 480 g/mol. The zero-order valence-electron chi connectivity index (χ0n) is 20.4. The van der Waals surface area contributed by atoms with Crippen LogP contribution in [0.15, 0.2) is 59.4 Å². The maximum absolute atomic E-state index is 14.8. The largest absolute Gasteiger partial charge is 0.492 e. The lowest BCUT2D eigenvalue weighted by Crippen LogP contribution is -2.45. The van der Waals surface area contributed by atoms with Gasteiger partial charge < -0.3 is 15.0 Å². The lowest BCUT2D eigenvalue weighted by atomic mass is 10.1. The molecule has 0 bridgehead atoms. The molecule has 1 aliphatic rings. The normalized spacial score (nSPS) is 15.6. The third-order valence-corrected chi connectivity index (χ3v) is 5.69. The number of carbonyl (C=O) groups excluding carboxylic acids is 1. The molecule has 8 nitrogen and oxygen atoms in total. The fourth-order valence-corrected chi connectivity index (χ4v) is 3.58. The fraction of sp³-hybridized carbons (Fsp3) is 0.385. The molecule has 3 rings (SSSR count). The molecule has 0 saturated carbocycles. The maximum atomic E-state index is 14.8. The summed E-state index contributed by atoms with van der Waals surface area (Å²) in [4.78, 5) is 28.9. The molecule has 186 valence electrons. The molecule has 0 spiro atoms. The molecule has 0 atom stereocenters. The van der Waals surface area contributed by atoms with Crippen LogP contribution in [0.4, 0.5) is 4.39 Å². The predicted molar refractivity (Wildman–Crippen MR) is 136 cm³/mol. The van der Waals surface area contributed by atoms with Gasteiger partial charge in [-0.1, -0.05) is 11.6 Å². The standard InChI is InChI=1S/C26H33FN6O2/c1-20(17-26(34)31-19-25-29-9-4-10-30-25)5-8-24(28-2)22-7-6-21(18-23(22)27)35-16-15-33-13-11-32(3)12-14-33/h4-10,18H,2,11-17,19H2,1,3H3,(H,31,34)/b20-5+,24-8-. The number of piperazine rings is 1. The highest BCUT2D eigenvalue weighted by Gasteiger charge is 2.14. The second-order valence-electron chi connectivity index (χ2n) is 8.48. The zero-order chi connectivity index (χ0) is 25.0. The van der Waals surface area contributed by atoms with E-state index in [4.69, 9.17) is 4.74 Å². The molecule has 1 saturated heterocycles. The molecule has 1 N–H and O–H groups in total. The van der Waals surface area contributed by atoms with Gasteiger partial charge in [-0.2, -0.15) is 0 Å². The number of hydrogen-bond acceptors (Lipinski definition) is 7. The maximum Gasteiger partial charge on any atom is 0.224 e. The van der Waals surface area contributed by atoms with Crippen molar-refractivity contribution in [3.05, 3.63) is 71.6 Å². The van der Waals surface area contributed by atoms with Crippen LogP contribution in [0, 0.1) is 5.82 Å². The molecule has 0 unspecified atom stereocenters. The van der Waals surface area contributed by atoms with E-state index in [-0.39, 0.29) is 18.9 Å². The molecule has 9 heteroatoms. The van der Waals surface area contributed by atoms with Gasteiger partial charge >= 0.3 is 0 Å². The summed E-state index contributed by atoms with van der Waals surface area (Å²) in [7, 11) is 2.12. The average molecular weight is 481 g/mol. The number of halogens is 1. The topological polar surface area (TPSA) is 83.0 Å². The molecule has 1 amide bonds. The van der Waals surface area contributed by atoms with E-state index in [1.807, 2.05) is 6.92 Å². The fourth-order valence-electron chi connectivity index (χ4n) is 3.58. The Labute approximate surface area is 206 Å². The van der Waals surface area contributed by atoms with Crippen molar-refractivity contribution >= 4 is 18.3 Å². The van der Waals surface area contributed by atoms with E-state index >= 15 is 0 Å². The van der Waals surface area contributed by atoms with Crippen molar-refractivity contribution in [3.8, 4) is 5.75 Å². The highest BCUT2D eigenvalue weighted by atomic mass is 19.1. The second-order valence-corrected chi connectivity index (χ2v) is 8.48. The van der Waals surface area contributed by atoms with E-state index < -0.39 is 5.82 Å². The number of hydrogen-bond donors (Lipinski definition) is 1. The van der Waals surface area contributed by atoms with Gasteiger partial charge in [0.1, 0.15) is 24.0 Å². The number of aliphatic imine (C=N–C) groups is 1. The molecule has 2 heterocycles. The number of nitrogens with zero attached hydrogens (tertiary/aromatic N) is 5. The van der Waals surface area contributed by atoms with Crippen LogP contribution in [0.25, 0.3) is 5.70 Å². The van der Waals surface area contributed by atoms with Gasteiger partial charge in [-0.25, -0.2) is 14.4 Å². The highest BCUT2D eigenvalue weighted by molar-refractivity contribution is 5.78. The van der Waals surface area contributed by atoms with E-state index in [9.17, 15) is 9.18 Å².